The molecule has 4 nitrogen and oxygen atoms in total. The fourth-order valence-electron chi connectivity index (χ4n) is 5.07. The van der Waals surface area contributed by atoms with Gasteiger partial charge in [-0.3, -0.25) is 4.99 Å². The summed E-state index contributed by atoms with van der Waals surface area (Å²) in [7, 11) is -3.88. The van der Waals surface area contributed by atoms with Gasteiger partial charge in [-0.05, 0) is 55.9 Å². The summed E-state index contributed by atoms with van der Waals surface area (Å²) in [5.74, 6) is 0.513. The van der Waals surface area contributed by atoms with Crippen LogP contribution < -0.4 is 0 Å². The maximum atomic E-state index is 14.2. The Labute approximate surface area is 204 Å². The summed E-state index contributed by atoms with van der Waals surface area (Å²) in [6.07, 6.45) is 0.820. The molecular formula is C29H34N2O2S. The number of rotatable bonds is 5. The van der Waals surface area contributed by atoms with E-state index < -0.39 is 21.6 Å². The molecule has 3 aromatic carbocycles. The number of aliphatic imine (C=N–C) groups is 1. The zero-order valence-corrected chi connectivity index (χ0v) is 21.7. The summed E-state index contributed by atoms with van der Waals surface area (Å²) in [6, 6.07) is 24.3. The van der Waals surface area contributed by atoms with Crippen LogP contribution in [0.4, 0.5) is 0 Å². The number of aryl methyl sites for hydroxylation is 1. The molecule has 0 aliphatic carbocycles. The van der Waals surface area contributed by atoms with Crippen molar-refractivity contribution in [2.24, 2.45) is 10.4 Å². The van der Waals surface area contributed by atoms with Crippen molar-refractivity contribution in [2.45, 2.75) is 64.4 Å². The summed E-state index contributed by atoms with van der Waals surface area (Å²) in [4.78, 5) is 5.44. The van der Waals surface area contributed by atoms with Crippen LogP contribution in [0.15, 0.2) is 88.8 Å². The van der Waals surface area contributed by atoms with Gasteiger partial charge >= 0.3 is 0 Å². The van der Waals surface area contributed by atoms with Crippen LogP contribution >= 0.6 is 0 Å². The van der Waals surface area contributed by atoms with Crippen LogP contribution in [-0.2, 0) is 10.0 Å². The van der Waals surface area contributed by atoms with Crippen LogP contribution in [0, 0.1) is 12.3 Å². The lowest BCUT2D eigenvalue weighted by Gasteiger charge is -2.32. The Balaban J connectivity index is 1.98. The zero-order valence-electron chi connectivity index (χ0n) is 20.9. The number of nitrogens with zero attached hydrogens (tertiary/aromatic N) is 2. The van der Waals surface area contributed by atoms with Crippen LogP contribution in [0.3, 0.4) is 0 Å². The van der Waals surface area contributed by atoms with E-state index in [1.807, 2.05) is 73.7 Å². The number of hydrogen-bond donors (Lipinski definition) is 0. The molecule has 1 aliphatic rings. The second kappa shape index (κ2) is 8.70. The Bertz CT molecular complexity index is 1300. The molecule has 0 N–H and O–H groups in total. The Hall–Kier alpha value is -2.92. The first-order valence-corrected chi connectivity index (χ1v) is 13.2. The first kappa shape index (κ1) is 24.2. The monoisotopic (exact) mass is 474 g/mol. The fourth-order valence-corrected chi connectivity index (χ4v) is 6.65. The lowest BCUT2D eigenvalue weighted by atomic mass is 9.82. The van der Waals surface area contributed by atoms with Gasteiger partial charge in [-0.15, -0.1) is 0 Å². The molecule has 0 spiro atoms. The zero-order chi connectivity index (χ0) is 24.7. The molecule has 1 unspecified atom stereocenters. The van der Waals surface area contributed by atoms with Gasteiger partial charge in [0.1, 0.15) is 5.84 Å². The van der Waals surface area contributed by atoms with Gasteiger partial charge in [0.05, 0.1) is 16.5 Å². The molecule has 178 valence electrons. The Morgan fingerprint density at radius 1 is 0.824 bits per heavy atom. The van der Waals surface area contributed by atoms with Crippen molar-refractivity contribution >= 4 is 15.9 Å². The normalized spacial score (nSPS) is 17.8. The molecule has 0 fully saturated rings. The van der Waals surface area contributed by atoms with Gasteiger partial charge in [0, 0.05) is 5.56 Å². The van der Waals surface area contributed by atoms with Crippen molar-refractivity contribution in [3.05, 3.63) is 101 Å². The van der Waals surface area contributed by atoms with Crippen molar-refractivity contribution in [1.82, 2.24) is 4.31 Å². The topological polar surface area (TPSA) is 49.7 Å². The quantitative estimate of drug-likeness (QED) is 0.411. The highest BCUT2D eigenvalue weighted by atomic mass is 32.2. The molecule has 1 heterocycles. The summed E-state index contributed by atoms with van der Waals surface area (Å²) in [6.45, 7) is 12.7. The third-order valence-electron chi connectivity index (χ3n) is 6.00. The third-order valence-corrected chi connectivity index (χ3v) is 7.77. The van der Waals surface area contributed by atoms with E-state index in [0.717, 1.165) is 28.7 Å². The average molecular weight is 475 g/mol. The van der Waals surface area contributed by atoms with Crippen molar-refractivity contribution in [3.8, 4) is 0 Å². The Kier molecular flexibility index (Phi) is 6.19. The fraction of sp³-hybridized carbons (Fsp3) is 0.345. The molecule has 0 saturated carbocycles. The smallest absolute Gasteiger partial charge is 0.261 e. The molecular weight excluding hydrogens is 440 g/mol. The molecule has 1 aliphatic heterocycles. The van der Waals surface area contributed by atoms with Crippen LogP contribution in [0.1, 0.15) is 69.3 Å². The molecule has 0 saturated heterocycles. The van der Waals surface area contributed by atoms with Gasteiger partial charge in [0.15, 0.2) is 0 Å². The third kappa shape index (κ3) is 4.80. The Morgan fingerprint density at radius 3 is 2.03 bits per heavy atom. The standard InChI is InChI=1S/C29H34N2O2S/c1-21-16-18-23(19-17-21)34(32,33)31-26(22-12-8-7-9-13-22)24-14-10-11-15-25(24)27(31)30-29(5,6)20-28(2,3)4/h7-19,26H,20H2,1-6H3. The molecule has 0 aromatic heterocycles. The van der Waals surface area contributed by atoms with E-state index in [4.69, 9.17) is 4.99 Å². The Morgan fingerprint density at radius 2 is 1.41 bits per heavy atom. The lowest BCUT2D eigenvalue weighted by Crippen LogP contribution is -2.38. The maximum absolute atomic E-state index is 14.2. The minimum Gasteiger partial charge on any atom is -0.261 e. The van der Waals surface area contributed by atoms with Crippen molar-refractivity contribution < 1.29 is 8.42 Å². The molecule has 3 aromatic rings. The van der Waals surface area contributed by atoms with E-state index in [1.165, 1.54) is 0 Å². The highest BCUT2D eigenvalue weighted by molar-refractivity contribution is 7.89. The number of hydrogen-bond acceptors (Lipinski definition) is 3. The molecule has 0 amide bonds. The van der Waals surface area contributed by atoms with Crippen molar-refractivity contribution in [3.63, 3.8) is 0 Å². The summed E-state index contributed by atoms with van der Waals surface area (Å²) in [5.41, 5.74) is 3.36. The molecule has 5 heteroatoms. The number of benzene rings is 3. The SMILES string of the molecule is Cc1ccc(S(=O)(=O)N2C(=NC(C)(C)CC(C)(C)C)c3ccccc3C2c2ccccc2)cc1. The van der Waals surface area contributed by atoms with Gasteiger partial charge in [-0.2, -0.15) is 0 Å². The molecule has 0 radical (unpaired) electrons. The van der Waals surface area contributed by atoms with Crippen LogP contribution in [-0.4, -0.2) is 24.1 Å². The van der Waals surface area contributed by atoms with E-state index in [9.17, 15) is 8.42 Å². The van der Waals surface area contributed by atoms with E-state index in [2.05, 4.69) is 34.6 Å². The molecule has 4 rings (SSSR count). The average Bonchev–Trinajstić information content (AvgIpc) is 3.07. The summed E-state index contributed by atoms with van der Waals surface area (Å²) in [5, 5.41) is 0. The molecule has 34 heavy (non-hydrogen) atoms. The van der Waals surface area contributed by atoms with Gasteiger partial charge in [0.25, 0.3) is 10.0 Å². The molecule has 1 atom stereocenters. The second-order valence-corrected chi connectivity index (χ2v) is 12.8. The predicted octanol–water partition coefficient (Wildman–Crippen LogP) is 6.75. The van der Waals surface area contributed by atoms with E-state index in [-0.39, 0.29) is 10.3 Å². The summed E-state index contributed by atoms with van der Waals surface area (Å²) < 4.78 is 30.0. The highest BCUT2D eigenvalue weighted by Gasteiger charge is 2.44. The summed E-state index contributed by atoms with van der Waals surface area (Å²) >= 11 is 0. The minimum absolute atomic E-state index is 0.0468. The van der Waals surface area contributed by atoms with Crippen molar-refractivity contribution in [1.29, 1.82) is 0 Å². The van der Waals surface area contributed by atoms with Crippen molar-refractivity contribution in [2.75, 3.05) is 0 Å². The van der Waals surface area contributed by atoms with Crippen LogP contribution in [0.2, 0.25) is 0 Å². The minimum atomic E-state index is -3.88. The second-order valence-electron chi connectivity index (χ2n) is 11.0. The maximum Gasteiger partial charge on any atom is 0.266 e. The largest absolute Gasteiger partial charge is 0.266 e. The number of sulfonamides is 1. The number of fused-ring (bicyclic) bond motifs is 1. The molecule has 0 bridgehead atoms. The highest BCUT2D eigenvalue weighted by Crippen LogP contribution is 2.43. The van der Waals surface area contributed by atoms with Gasteiger partial charge in [-0.25, -0.2) is 12.7 Å². The van der Waals surface area contributed by atoms with Crippen LogP contribution in [0.25, 0.3) is 0 Å². The van der Waals surface area contributed by atoms with E-state index in [1.54, 1.807) is 16.4 Å². The van der Waals surface area contributed by atoms with Gasteiger partial charge in [-0.1, -0.05) is 93.1 Å². The predicted molar refractivity (Wildman–Crippen MR) is 140 cm³/mol. The van der Waals surface area contributed by atoms with E-state index >= 15 is 0 Å². The van der Waals surface area contributed by atoms with Crippen LogP contribution in [0.5, 0.6) is 0 Å². The first-order valence-electron chi connectivity index (χ1n) is 11.7. The first-order chi connectivity index (χ1) is 15.9. The van der Waals surface area contributed by atoms with E-state index in [0.29, 0.717) is 5.84 Å². The number of amidine groups is 1. The van der Waals surface area contributed by atoms with Gasteiger partial charge in [0.2, 0.25) is 0 Å². The van der Waals surface area contributed by atoms with Gasteiger partial charge < -0.3 is 0 Å². The lowest BCUT2D eigenvalue weighted by molar-refractivity contribution is 0.287.